The standard InChI is InChI=1S/C15H20N4/c1-10(2)14-13(16)15(18(3)17-14)19-9-8-11-6-4-5-7-12(11)19/h4-7,10H,8-9,16H2,1-3H3. The van der Waals surface area contributed by atoms with Crippen molar-refractivity contribution in [3.8, 4) is 0 Å². The highest BCUT2D eigenvalue weighted by atomic mass is 15.4. The number of fused-ring (bicyclic) bond motifs is 1. The smallest absolute Gasteiger partial charge is 0.154 e. The molecule has 0 radical (unpaired) electrons. The monoisotopic (exact) mass is 256 g/mol. The third-order valence-electron chi connectivity index (χ3n) is 3.77. The molecule has 1 aromatic carbocycles. The molecule has 4 heteroatoms. The second kappa shape index (κ2) is 4.30. The van der Waals surface area contributed by atoms with Crippen molar-refractivity contribution in [1.29, 1.82) is 0 Å². The van der Waals surface area contributed by atoms with Gasteiger partial charge >= 0.3 is 0 Å². The molecule has 100 valence electrons. The van der Waals surface area contributed by atoms with Crippen LogP contribution in [0.25, 0.3) is 0 Å². The van der Waals surface area contributed by atoms with Crippen LogP contribution >= 0.6 is 0 Å². The van der Waals surface area contributed by atoms with Crippen LogP contribution in [0.1, 0.15) is 31.0 Å². The molecule has 2 N–H and O–H groups in total. The van der Waals surface area contributed by atoms with Crippen molar-refractivity contribution in [1.82, 2.24) is 9.78 Å². The molecular weight excluding hydrogens is 236 g/mol. The summed E-state index contributed by atoms with van der Waals surface area (Å²) in [5.74, 6) is 1.37. The van der Waals surface area contributed by atoms with Gasteiger partial charge in [0.05, 0.1) is 11.4 Å². The van der Waals surface area contributed by atoms with Crippen LogP contribution in [0.5, 0.6) is 0 Å². The number of anilines is 3. The Morgan fingerprint density at radius 2 is 2.00 bits per heavy atom. The molecule has 0 unspecified atom stereocenters. The number of aryl methyl sites for hydroxylation is 1. The molecule has 2 aromatic rings. The van der Waals surface area contributed by atoms with E-state index in [1.54, 1.807) is 0 Å². The average Bonchev–Trinajstić information content (AvgIpc) is 2.91. The number of nitrogen functional groups attached to an aromatic ring is 1. The molecular formula is C15H20N4. The van der Waals surface area contributed by atoms with Gasteiger partial charge in [0.25, 0.3) is 0 Å². The van der Waals surface area contributed by atoms with Crippen LogP contribution in [0.3, 0.4) is 0 Å². The van der Waals surface area contributed by atoms with E-state index in [2.05, 4.69) is 48.1 Å². The second-order valence-electron chi connectivity index (χ2n) is 5.43. The fraction of sp³-hybridized carbons (Fsp3) is 0.400. The summed E-state index contributed by atoms with van der Waals surface area (Å²) in [4.78, 5) is 2.28. The van der Waals surface area contributed by atoms with Crippen LogP contribution in [-0.4, -0.2) is 16.3 Å². The predicted octanol–water partition coefficient (Wildman–Crippen LogP) is 2.82. The normalized spacial score (nSPS) is 14.2. The highest BCUT2D eigenvalue weighted by Crippen LogP contribution is 2.39. The Bertz CT molecular complexity index is 613. The molecule has 2 heterocycles. The number of benzene rings is 1. The van der Waals surface area contributed by atoms with Crippen LogP contribution in [0.4, 0.5) is 17.2 Å². The zero-order valence-electron chi connectivity index (χ0n) is 11.7. The first-order chi connectivity index (χ1) is 9.09. The summed E-state index contributed by atoms with van der Waals surface area (Å²) in [6.07, 6.45) is 1.07. The Morgan fingerprint density at radius 1 is 1.26 bits per heavy atom. The van der Waals surface area contributed by atoms with Gasteiger partial charge in [0, 0.05) is 19.3 Å². The van der Waals surface area contributed by atoms with Crippen molar-refractivity contribution >= 4 is 17.2 Å². The van der Waals surface area contributed by atoms with Crippen molar-refractivity contribution in [3.63, 3.8) is 0 Å². The molecule has 0 saturated heterocycles. The van der Waals surface area contributed by atoms with Gasteiger partial charge in [-0.1, -0.05) is 32.0 Å². The van der Waals surface area contributed by atoms with Gasteiger partial charge in [-0.05, 0) is 24.0 Å². The number of hydrogen-bond acceptors (Lipinski definition) is 3. The minimum absolute atomic E-state index is 0.345. The number of aromatic nitrogens is 2. The highest BCUT2D eigenvalue weighted by Gasteiger charge is 2.26. The van der Waals surface area contributed by atoms with Crippen LogP contribution in [0.15, 0.2) is 24.3 Å². The van der Waals surface area contributed by atoms with E-state index < -0.39 is 0 Å². The van der Waals surface area contributed by atoms with Gasteiger partial charge in [0.2, 0.25) is 0 Å². The lowest BCUT2D eigenvalue weighted by Crippen LogP contribution is -2.18. The maximum Gasteiger partial charge on any atom is 0.154 e. The van der Waals surface area contributed by atoms with Crippen LogP contribution in [0, 0.1) is 0 Å². The van der Waals surface area contributed by atoms with Gasteiger partial charge in [0.1, 0.15) is 0 Å². The van der Waals surface area contributed by atoms with Crippen LogP contribution < -0.4 is 10.6 Å². The SMILES string of the molecule is CC(C)c1nn(C)c(N2CCc3ccccc32)c1N. The van der Waals surface area contributed by atoms with E-state index in [0.29, 0.717) is 5.92 Å². The van der Waals surface area contributed by atoms with Gasteiger partial charge in [0.15, 0.2) is 5.82 Å². The number of nitrogens with zero attached hydrogens (tertiary/aromatic N) is 3. The Morgan fingerprint density at radius 3 is 2.68 bits per heavy atom. The number of para-hydroxylation sites is 1. The average molecular weight is 256 g/mol. The Hall–Kier alpha value is -1.97. The zero-order valence-corrected chi connectivity index (χ0v) is 11.7. The Labute approximate surface area is 113 Å². The molecule has 0 aliphatic carbocycles. The molecule has 1 aliphatic heterocycles. The second-order valence-corrected chi connectivity index (χ2v) is 5.43. The lowest BCUT2D eigenvalue weighted by Gasteiger charge is -2.20. The van der Waals surface area contributed by atoms with E-state index in [1.165, 1.54) is 11.3 Å². The minimum atomic E-state index is 0.345. The number of nitrogens with two attached hydrogens (primary N) is 1. The molecule has 0 fully saturated rings. The molecule has 1 aliphatic rings. The summed E-state index contributed by atoms with van der Waals surface area (Å²) in [7, 11) is 1.97. The Kier molecular flexibility index (Phi) is 2.73. The topological polar surface area (TPSA) is 47.1 Å². The first-order valence-electron chi connectivity index (χ1n) is 6.77. The van der Waals surface area contributed by atoms with E-state index in [4.69, 9.17) is 5.73 Å². The summed E-state index contributed by atoms with van der Waals surface area (Å²) >= 11 is 0. The van der Waals surface area contributed by atoms with Gasteiger partial charge < -0.3 is 10.6 Å². The Balaban J connectivity index is 2.10. The van der Waals surface area contributed by atoms with Crippen LogP contribution in [0.2, 0.25) is 0 Å². The summed E-state index contributed by atoms with van der Waals surface area (Å²) < 4.78 is 1.91. The van der Waals surface area contributed by atoms with Gasteiger partial charge in [-0.15, -0.1) is 0 Å². The lowest BCUT2D eigenvalue weighted by atomic mass is 10.1. The highest BCUT2D eigenvalue weighted by molar-refractivity contribution is 5.77. The van der Waals surface area contributed by atoms with Crippen molar-refractivity contribution in [2.45, 2.75) is 26.2 Å². The van der Waals surface area contributed by atoms with E-state index in [1.807, 2.05) is 11.7 Å². The summed E-state index contributed by atoms with van der Waals surface area (Å²) in [5, 5.41) is 4.58. The first-order valence-corrected chi connectivity index (χ1v) is 6.77. The molecule has 0 bridgehead atoms. The molecule has 0 amide bonds. The van der Waals surface area contributed by atoms with Gasteiger partial charge in [-0.2, -0.15) is 5.10 Å². The van der Waals surface area contributed by atoms with Gasteiger partial charge in [-0.3, -0.25) is 4.68 Å². The fourth-order valence-electron chi connectivity index (χ4n) is 2.86. The number of rotatable bonds is 2. The van der Waals surface area contributed by atoms with Crippen molar-refractivity contribution in [3.05, 3.63) is 35.5 Å². The molecule has 3 rings (SSSR count). The van der Waals surface area contributed by atoms with Crippen molar-refractivity contribution in [2.24, 2.45) is 7.05 Å². The predicted molar refractivity (Wildman–Crippen MR) is 78.9 cm³/mol. The quantitative estimate of drug-likeness (QED) is 0.898. The maximum absolute atomic E-state index is 6.32. The van der Waals surface area contributed by atoms with Crippen molar-refractivity contribution in [2.75, 3.05) is 17.2 Å². The van der Waals surface area contributed by atoms with E-state index >= 15 is 0 Å². The molecule has 4 nitrogen and oxygen atoms in total. The zero-order chi connectivity index (χ0) is 13.6. The molecule has 0 saturated carbocycles. The van der Waals surface area contributed by atoms with Gasteiger partial charge in [-0.25, -0.2) is 0 Å². The molecule has 0 atom stereocenters. The molecule has 19 heavy (non-hydrogen) atoms. The van der Waals surface area contributed by atoms with E-state index in [9.17, 15) is 0 Å². The maximum atomic E-state index is 6.32. The van der Waals surface area contributed by atoms with E-state index in [-0.39, 0.29) is 0 Å². The largest absolute Gasteiger partial charge is 0.394 e. The first kappa shape index (κ1) is 12.1. The van der Waals surface area contributed by atoms with Crippen LogP contribution in [-0.2, 0) is 13.5 Å². The van der Waals surface area contributed by atoms with E-state index in [0.717, 1.165) is 30.2 Å². The third-order valence-corrected chi connectivity index (χ3v) is 3.77. The number of hydrogen-bond donors (Lipinski definition) is 1. The summed E-state index contributed by atoms with van der Waals surface area (Å²) in [5.41, 5.74) is 10.8. The fourth-order valence-corrected chi connectivity index (χ4v) is 2.86. The lowest BCUT2D eigenvalue weighted by molar-refractivity contribution is 0.707. The summed E-state index contributed by atoms with van der Waals surface area (Å²) in [6, 6.07) is 8.51. The molecule has 1 aromatic heterocycles. The minimum Gasteiger partial charge on any atom is -0.394 e. The summed E-state index contributed by atoms with van der Waals surface area (Å²) in [6.45, 7) is 5.22. The molecule has 0 spiro atoms. The van der Waals surface area contributed by atoms with Crippen molar-refractivity contribution < 1.29 is 0 Å². The third kappa shape index (κ3) is 1.79.